The number of halogens is 1. The highest BCUT2D eigenvalue weighted by Gasteiger charge is 2.61. The fourth-order valence-electron chi connectivity index (χ4n) is 7.61. The van der Waals surface area contributed by atoms with E-state index in [1.807, 2.05) is 20.8 Å². The van der Waals surface area contributed by atoms with Crippen molar-refractivity contribution in [2.24, 2.45) is 39.9 Å². The number of rotatable bonds is 2. The zero-order valence-electron chi connectivity index (χ0n) is 19.5. The smallest absolute Gasteiger partial charge is 0.449 e. The van der Waals surface area contributed by atoms with Crippen LogP contribution in [0, 0.1) is 39.9 Å². The molecule has 0 spiro atoms. The molecule has 8 atom stereocenters. The van der Waals surface area contributed by atoms with Gasteiger partial charge in [0.05, 0.1) is 6.04 Å². The molecule has 0 aromatic carbocycles. The molecule has 0 saturated heterocycles. The lowest BCUT2D eigenvalue weighted by Crippen LogP contribution is -2.58. The van der Waals surface area contributed by atoms with Crippen LogP contribution in [0.3, 0.4) is 0 Å². The molecule has 6 heteroatoms. The van der Waals surface area contributed by atoms with Gasteiger partial charge in [0.15, 0.2) is 0 Å². The fourth-order valence-corrected chi connectivity index (χ4v) is 7.61. The lowest BCUT2D eigenvalue weighted by molar-refractivity contribution is -0.133. The summed E-state index contributed by atoms with van der Waals surface area (Å²) in [4.78, 5) is 24.1. The zero-order valence-corrected chi connectivity index (χ0v) is 19.5. The zero-order chi connectivity index (χ0) is 22.8. The molecule has 4 aliphatic carbocycles. The van der Waals surface area contributed by atoms with Gasteiger partial charge in [0.25, 0.3) is 0 Å². The molecule has 31 heavy (non-hydrogen) atoms. The van der Waals surface area contributed by atoms with Gasteiger partial charge in [-0.2, -0.15) is 0 Å². The Morgan fingerprint density at radius 1 is 1.19 bits per heavy atom. The van der Waals surface area contributed by atoms with Crippen LogP contribution in [0.2, 0.25) is 0 Å². The van der Waals surface area contributed by atoms with Crippen LogP contribution in [0.15, 0.2) is 11.8 Å². The van der Waals surface area contributed by atoms with Crippen molar-refractivity contribution >= 4 is 12.1 Å². The van der Waals surface area contributed by atoms with Crippen LogP contribution in [-0.4, -0.2) is 29.4 Å². The number of allylic oxidation sites excluding steroid dienone is 1. The molecule has 4 rings (SSSR count). The third-order valence-corrected chi connectivity index (χ3v) is 9.24. The normalized spacial score (nSPS) is 44.4. The summed E-state index contributed by atoms with van der Waals surface area (Å²) < 4.78 is 20.7. The Morgan fingerprint density at radius 2 is 1.90 bits per heavy atom. The van der Waals surface area contributed by atoms with E-state index in [0.717, 1.165) is 6.42 Å². The second-order valence-electron chi connectivity index (χ2n) is 12.2. The van der Waals surface area contributed by atoms with Crippen molar-refractivity contribution in [3.8, 4) is 0 Å². The van der Waals surface area contributed by atoms with E-state index in [0.29, 0.717) is 36.0 Å². The number of nitrogens with one attached hydrogen (secondary N) is 1. The van der Waals surface area contributed by atoms with E-state index in [9.17, 15) is 14.7 Å². The Bertz CT molecular complexity index is 789. The Kier molecular flexibility index (Phi) is 5.45. The van der Waals surface area contributed by atoms with Gasteiger partial charge >= 0.3 is 6.16 Å². The quantitative estimate of drug-likeness (QED) is 0.546. The topological polar surface area (TPSA) is 75.6 Å². The summed E-state index contributed by atoms with van der Waals surface area (Å²) >= 11 is 0. The Labute approximate surface area is 185 Å². The first-order valence-corrected chi connectivity index (χ1v) is 11.9. The first-order chi connectivity index (χ1) is 14.3. The Hall–Kier alpha value is -1.59. The average Bonchev–Trinajstić information content (AvgIpc) is 3.04. The van der Waals surface area contributed by atoms with Crippen molar-refractivity contribution in [3.05, 3.63) is 11.8 Å². The first kappa shape index (κ1) is 22.6. The monoisotopic (exact) mass is 435 g/mol. The van der Waals surface area contributed by atoms with Crippen molar-refractivity contribution in [1.82, 2.24) is 5.32 Å². The van der Waals surface area contributed by atoms with E-state index in [1.54, 1.807) is 6.08 Å². The number of carbonyl (C=O) groups excluding carboxylic acids is 1. The first-order valence-electron chi connectivity index (χ1n) is 11.9. The van der Waals surface area contributed by atoms with Crippen LogP contribution < -0.4 is 5.32 Å². The summed E-state index contributed by atoms with van der Waals surface area (Å²) in [7, 11) is 0. The Balaban J connectivity index is 1.68. The van der Waals surface area contributed by atoms with Gasteiger partial charge in [-0.25, -0.2) is 9.18 Å². The highest BCUT2D eigenvalue weighted by molar-refractivity contribution is 5.82. The SMILES string of the molecule is CC(C)(C)C(=O)NC1C[C@]2(C)C3CC[C@]4(C)CCCC4C3CC(F)[C@H]2C=C1OC(=O)O. The second-order valence-corrected chi connectivity index (χ2v) is 12.2. The number of alkyl halides is 1. The van der Waals surface area contributed by atoms with Crippen LogP contribution in [0.4, 0.5) is 9.18 Å². The molecule has 4 aliphatic rings. The summed E-state index contributed by atoms with van der Waals surface area (Å²) in [6, 6.07) is -0.549. The number of carbonyl (C=O) groups is 2. The fraction of sp³-hybridized carbons (Fsp3) is 0.840. The molecule has 2 N–H and O–H groups in total. The molecule has 0 heterocycles. The average molecular weight is 436 g/mol. The summed E-state index contributed by atoms with van der Waals surface area (Å²) in [5.74, 6) is 0.970. The number of hydrogen-bond acceptors (Lipinski definition) is 3. The van der Waals surface area contributed by atoms with Gasteiger partial charge < -0.3 is 15.2 Å². The summed E-state index contributed by atoms with van der Waals surface area (Å²) in [6.45, 7) is 10.0. The Morgan fingerprint density at radius 3 is 2.55 bits per heavy atom. The highest BCUT2D eigenvalue weighted by atomic mass is 19.1. The molecule has 1 amide bonds. The van der Waals surface area contributed by atoms with Gasteiger partial charge in [0.2, 0.25) is 5.91 Å². The number of carboxylic acid groups (broad SMARTS) is 1. The van der Waals surface area contributed by atoms with Gasteiger partial charge in [-0.15, -0.1) is 0 Å². The van der Waals surface area contributed by atoms with Crippen LogP contribution >= 0.6 is 0 Å². The minimum absolute atomic E-state index is 0.157. The maximum Gasteiger partial charge on any atom is 0.511 e. The van der Waals surface area contributed by atoms with E-state index in [4.69, 9.17) is 4.74 Å². The minimum atomic E-state index is -1.42. The third kappa shape index (κ3) is 3.78. The van der Waals surface area contributed by atoms with Gasteiger partial charge in [-0.3, -0.25) is 4.79 Å². The maximum absolute atomic E-state index is 15.7. The number of ether oxygens (including phenoxy) is 1. The van der Waals surface area contributed by atoms with E-state index in [1.165, 1.54) is 25.7 Å². The molecule has 0 radical (unpaired) electrons. The van der Waals surface area contributed by atoms with Crippen molar-refractivity contribution < 1.29 is 23.8 Å². The maximum atomic E-state index is 15.7. The minimum Gasteiger partial charge on any atom is -0.449 e. The van der Waals surface area contributed by atoms with Crippen molar-refractivity contribution in [2.45, 2.75) is 91.8 Å². The number of hydrogen-bond donors (Lipinski definition) is 2. The number of amides is 1. The lowest BCUT2D eigenvalue weighted by atomic mass is 9.45. The summed E-state index contributed by atoms with van der Waals surface area (Å²) in [5, 5.41) is 12.3. The standard InChI is InChI=1S/C25H38FNO4/c1-23(2,3)21(28)27-19-13-25(5)16-8-10-24(4)9-6-7-15(24)14(16)11-18(26)17(25)12-20(19)31-22(29)30/h12,14-19H,6-11,13H2,1-5H3,(H,27,28)(H,29,30)/t14?,15?,16?,17-,18?,19?,24+,25-/m1/s1. The molecule has 0 aromatic heterocycles. The van der Waals surface area contributed by atoms with Crippen LogP contribution in [0.25, 0.3) is 0 Å². The van der Waals surface area contributed by atoms with E-state index >= 15 is 4.39 Å². The summed E-state index contributed by atoms with van der Waals surface area (Å²) in [5.41, 5.74) is -0.597. The molecule has 5 unspecified atom stereocenters. The highest BCUT2D eigenvalue weighted by Crippen LogP contribution is 2.66. The van der Waals surface area contributed by atoms with Gasteiger partial charge in [0.1, 0.15) is 11.9 Å². The molecule has 3 saturated carbocycles. The van der Waals surface area contributed by atoms with Crippen molar-refractivity contribution in [2.75, 3.05) is 0 Å². The third-order valence-electron chi connectivity index (χ3n) is 9.24. The molecule has 3 fully saturated rings. The van der Waals surface area contributed by atoms with E-state index in [-0.39, 0.29) is 23.0 Å². The second kappa shape index (κ2) is 7.48. The van der Waals surface area contributed by atoms with E-state index < -0.39 is 23.8 Å². The molecule has 0 bridgehead atoms. The largest absolute Gasteiger partial charge is 0.511 e. The van der Waals surface area contributed by atoms with Crippen molar-refractivity contribution in [1.29, 1.82) is 0 Å². The lowest BCUT2D eigenvalue weighted by Gasteiger charge is -2.60. The van der Waals surface area contributed by atoms with Gasteiger partial charge in [-0.1, -0.05) is 41.0 Å². The van der Waals surface area contributed by atoms with Gasteiger partial charge in [-0.05, 0) is 73.2 Å². The summed E-state index contributed by atoms with van der Waals surface area (Å²) in [6.07, 6.45) is 6.27. The predicted molar refractivity (Wildman–Crippen MR) is 116 cm³/mol. The van der Waals surface area contributed by atoms with Crippen molar-refractivity contribution in [3.63, 3.8) is 0 Å². The molecular formula is C25H38FNO4. The van der Waals surface area contributed by atoms with Crippen LogP contribution in [0.5, 0.6) is 0 Å². The van der Waals surface area contributed by atoms with Gasteiger partial charge in [0, 0.05) is 11.3 Å². The molecule has 0 aromatic rings. The molecular weight excluding hydrogens is 397 g/mol. The van der Waals surface area contributed by atoms with Crippen LogP contribution in [-0.2, 0) is 9.53 Å². The van der Waals surface area contributed by atoms with E-state index in [2.05, 4.69) is 19.2 Å². The molecule has 5 nitrogen and oxygen atoms in total. The predicted octanol–water partition coefficient (Wildman–Crippen LogP) is 5.70. The molecule has 174 valence electrons. The number of fused-ring (bicyclic) bond motifs is 5. The van der Waals surface area contributed by atoms with Crippen LogP contribution in [0.1, 0.15) is 79.6 Å². The molecule has 0 aliphatic heterocycles.